The van der Waals surface area contributed by atoms with Gasteiger partial charge in [-0.3, -0.25) is 9.69 Å². The highest BCUT2D eigenvalue weighted by atomic mass is 19.4. The van der Waals surface area contributed by atoms with Crippen LogP contribution in [0.3, 0.4) is 0 Å². The molecule has 1 rings (SSSR count). The fourth-order valence-corrected chi connectivity index (χ4v) is 1.83. The average molecular weight is 237 g/mol. The summed E-state index contributed by atoms with van der Waals surface area (Å²) in [5.41, 5.74) is -2.59. The lowest BCUT2D eigenvalue weighted by atomic mass is 9.86. The summed E-state index contributed by atoms with van der Waals surface area (Å²) in [6.45, 7) is 1.83. The van der Waals surface area contributed by atoms with Crippen LogP contribution in [0.4, 0.5) is 13.2 Å². The first-order chi connectivity index (χ1) is 7.33. The SMILES string of the molecule is CC=CCN1CCC(C(=O)O)(C(F)(F)F)C1. The number of rotatable bonds is 3. The number of carbonyl (C=O) groups is 1. The van der Waals surface area contributed by atoms with Crippen LogP contribution in [0.15, 0.2) is 12.2 Å². The smallest absolute Gasteiger partial charge is 0.406 e. The number of aliphatic carboxylic acids is 1. The Morgan fingerprint density at radius 1 is 1.56 bits per heavy atom. The Balaban J connectivity index is 2.81. The highest BCUT2D eigenvalue weighted by Crippen LogP contribution is 2.45. The van der Waals surface area contributed by atoms with Gasteiger partial charge in [-0.05, 0) is 19.9 Å². The lowest BCUT2D eigenvalue weighted by molar-refractivity contribution is -0.227. The molecule has 0 radical (unpaired) electrons. The van der Waals surface area contributed by atoms with Gasteiger partial charge in [-0.15, -0.1) is 0 Å². The monoisotopic (exact) mass is 237 g/mol. The zero-order valence-corrected chi connectivity index (χ0v) is 8.92. The number of allylic oxidation sites excluding steroid dienone is 1. The van der Waals surface area contributed by atoms with Crippen LogP contribution in [0.2, 0.25) is 0 Å². The first-order valence-electron chi connectivity index (χ1n) is 4.97. The Morgan fingerprint density at radius 3 is 2.56 bits per heavy atom. The van der Waals surface area contributed by atoms with Crippen molar-refractivity contribution in [2.24, 2.45) is 5.41 Å². The third kappa shape index (κ3) is 2.21. The maximum absolute atomic E-state index is 12.7. The maximum Gasteiger partial charge on any atom is 0.406 e. The molecule has 0 aromatic carbocycles. The molecule has 1 heterocycles. The Labute approximate surface area is 91.5 Å². The predicted molar refractivity (Wildman–Crippen MR) is 52.0 cm³/mol. The van der Waals surface area contributed by atoms with Crippen molar-refractivity contribution in [1.82, 2.24) is 4.90 Å². The third-order valence-electron chi connectivity index (χ3n) is 2.90. The molecule has 1 saturated heterocycles. The van der Waals surface area contributed by atoms with E-state index in [4.69, 9.17) is 5.11 Å². The second-order valence-corrected chi connectivity index (χ2v) is 3.94. The van der Waals surface area contributed by atoms with Crippen molar-refractivity contribution in [2.75, 3.05) is 19.6 Å². The molecule has 0 amide bonds. The molecule has 0 bridgehead atoms. The molecule has 6 heteroatoms. The molecule has 3 nitrogen and oxygen atoms in total. The lowest BCUT2D eigenvalue weighted by Crippen LogP contribution is -2.47. The van der Waals surface area contributed by atoms with E-state index in [1.54, 1.807) is 19.1 Å². The van der Waals surface area contributed by atoms with E-state index in [0.29, 0.717) is 6.54 Å². The first-order valence-corrected chi connectivity index (χ1v) is 4.97. The van der Waals surface area contributed by atoms with Gasteiger partial charge >= 0.3 is 12.1 Å². The molecule has 16 heavy (non-hydrogen) atoms. The number of alkyl halides is 3. The van der Waals surface area contributed by atoms with E-state index in [1.807, 2.05) is 0 Å². The van der Waals surface area contributed by atoms with Gasteiger partial charge < -0.3 is 5.11 Å². The van der Waals surface area contributed by atoms with Gasteiger partial charge in [-0.1, -0.05) is 12.2 Å². The predicted octanol–water partition coefficient (Wildman–Crippen LogP) is 1.90. The minimum atomic E-state index is -4.69. The van der Waals surface area contributed by atoms with Crippen molar-refractivity contribution in [3.8, 4) is 0 Å². The van der Waals surface area contributed by atoms with E-state index in [9.17, 15) is 18.0 Å². The molecule has 1 fully saturated rings. The standard InChI is InChI=1S/C10H14F3NO2/c1-2-3-5-14-6-4-9(7-14,8(15)16)10(11,12)13/h2-3H,4-7H2,1H3,(H,15,16). The van der Waals surface area contributed by atoms with Crippen LogP contribution >= 0.6 is 0 Å². The molecule has 1 N–H and O–H groups in total. The number of carboxylic acids is 1. The maximum atomic E-state index is 12.7. The lowest BCUT2D eigenvalue weighted by Gasteiger charge is -2.27. The minimum absolute atomic E-state index is 0.163. The fourth-order valence-electron chi connectivity index (χ4n) is 1.83. The normalized spacial score (nSPS) is 27.8. The van der Waals surface area contributed by atoms with E-state index >= 15 is 0 Å². The van der Waals surface area contributed by atoms with Crippen molar-refractivity contribution in [3.05, 3.63) is 12.2 Å². The Morgan fingerprint density at radius 2 is 2.19 bits per heavy atom. The van der Waals surface area contributed by atoms with E-state index < -0.39 is 24.1 Å². The number of nitrogens with zero attached hydrogens (tertiary/aromatic N) is 1. The van der Waals surface area contributed by atoms with Crippen molar-refractivity contribution < 1.29 is 23.1 Å². The van der Waals surface area contributed by atoms with Gasteiger partial charge in [0.05, 0.1) is 0 Å². The Kier molecular flexibility index (Phi) is 3.62. The second-order valence-electron chi connectivity index (χ2n) is 3.94. The van der Waals surface area contributed by atoms with E-state index in [2.05, 4.69) is 0 Å². The van der Waals surface area contributed by atoms with Crippen LogP contribution in [-0.4, -0.2) is 41.8 Å². The highest BCUT2D eigenvalue weighted by Gasteiger charge is 2.63. The number of hydrogen-bond donors (Lipinski definition) is 1. The van der Waals surface area contributed by atoms with E-state index in [1.165, 1.54) is 4.90 Å². The topological polar surface area (TPSA) is 40.5 Å². The van der Waals surface area contributed by atoms with Crippen molar-refractivity contribution >= 4 is 5.97 Å². The van der Waals surface area contributed by atoms with Gasteiger partial charge in [0.25, 0.3) is 0 Å². The fraction of sp³-hybridized carbons (Fsp3) is 0.700. The molecule has 1 aliphatic rings. The number of likely N-dealkylation sites (tertiary alicyclic amines) is 1. The molecule has 1 aliphatic heterocycles. The van der Waals surface area contributed by atoms with Gasteiger partial charge in [-0.25, -0.2) is 0 Å². The summed E-state index contributed by atoms with van der Waals surface area (Å²) in [6, 6.07) is 0. The molecule has 0 aromatic rings. The summed E-state index contributed by atoms with van der Waals surface area (Å²) >= 11 is 0. The Hall–Kier alpha value is -1.04. The third-order valence-corrected chi connectivity index (χ3v) is 2.90. The zero-order valence-electron chi connectivity index (χ0n) is 8.92. The largest absolute Gasteiger partial charge is 0.481 e. The molecule has 0 saturated carbocycles. The van der Waals surface area contributed by atoms with Crippen LogP contribution in [0.5, 0.6) is 0 Å². The molecular formula is C10H14F3NO2. The Bertz CT molecular complexity index is 301. The first kappa shape index (κ1) is 13.0. The number of hydrogen-bond acceptors (Lipinski definition) is 2. The summed E-state index contributed by atoms with van der Waals surface area (Å²) in [5, 5.41) is 8.78. The molecule has 1 unspecified atom stereocenters. The molecule has 0 aromatic heterocycles. The van der Waals surface area contributed by atoms with E-state index in [-0.39, 0.29) is 13.0 Å². The molecule has 0 aliphatic carbocycles. The molecule has 0 spiro atoms. The number of carboxylic acid groups (broad SMARTS) is 1. The van der Waals surface area contributed by atoms with Crippen molar-refractivity contribution in [1.29, 1.82) is 0 Å². The summed E-state index contributed by atoms with van der Waals surface area (Å²) < 4.78 is 38.2. The molecular weight excluding hydrogens is 223 g/mol. The van der Waals surface area contributed by atoms with Crippen LogP contribution in [0, 0.1) is 5.41 Å². The average Bonchev–Trinajstić information content (AvgIpc) is 2.58. The van der Waals surface area contributed by atoms with E-state index in [0.717, 1.165) is 0 Å². The van der Waals surface area contributed by atoms with Crippen LogP contribution in [0.25, 0.3) is 0 Å². The summed E-state index contributed by atoms with van der Waals surface area (Å²) in [6.07, 6.45) is -1.62. The van der Waals surface area contributed by atoms with Gasteiger partial charge in [0.2, 0.25) is 0 Å². The summed E-state index contributed by atoms with van der Waals surface area (Å²) in [5.74, 6) is -1.78. The van der Waals surface area contributed by atoms with Gasteiger partial charge in [0, 0.05) is 13.1 Å². The van der Waals surface area contributed by atoms with Gasteiger partial charge in [-0.2, -0.15) is 13.2 Å². The van der Waals surface area contributed by atoms with Crippen molar-refractivity contribution in [2.45, 2.75) is 19.5 Å². The van der Waals surface area contributed by atoms with Crippen LogP contribution in [-0.2, 0) is 4.79 Å². The minimum Gasteiger partial charge on any atom is -0.481 e. The summed E-state index contributed by atoms with van der Waals surface area (Å²) in [7, 11) is 0. The quantitative estimate of drug-likeness (QED) is 0.762. The number of halogens is 3. The molecule has 92 valence electrons. The molecule has 1 atom stereocenters. The summed E-state index contributed by atoms with van der Waals surface area (Å²) in [4.78, 5) is 12.3. The van der Waals surface area contributed by atoms with Crippen molar-refractivity contribution in [3.63, 3.8) is 0 Å². The van der Waals surface area contributed by atoms with Crippen LogP contribution in [0.1, 0.15) is 13.3 Å². The van der Waals surface area contributed by atoms with Gasteiger partial charge in [0.1, 0.15) is 0 Å². The highest BCUT2D eigenvalue weighted by molar-refractivity contribution is 5.76. The second kappa shape index (κ2) is 4.45. The van der Waals surface area contributed by atoms with Gasteiger partial charge in [0.15, 0.2) is 5.41 Å². The zero-order chi connectivity index (χ0) is 12.4. The van der Waals surface area contributed by atoms with Crippen LogP contribution < -0.4 is 0 Å².